The molecule has 0 aliphatic heterocycles. The van der Waals surface area contributed by atoms with Crippen molar-refractivity contribution in [3.63, 3.8) is 0 Å². The standard InChI is InChI=1S/C17H26OSi.ClH.Zr/c1-11-7-13(3)15(9-11)17(18,19(5)6)16-10-12(2)8-14(16)4;;/h7-8,18-19H,9-10H2,1-6H3;1H;. The second-order valence-corrected chi connectivity index (χ2v) is 9.72. The van der Waals surface area contributed by atoms with Crippen molar-refractivity contribution in [2.75, 3.05) is 0 Å². The van der Waals surface area contributed by atoms with Crippen LogP contribution in [-0.2, 0) is 26.2 Å². The molecule has 0 heterocycles. The fraction of sp³-hybridized carbons (Fsp3) is 0.529. The summed E-state index contributed by atoms with van der Waals surface area (Å²) in [7, 11) is -1.27. The van der Waals surface area contributed by atoms with E-state index >= 15 is 0 Å². The minimum absolute atomic E-state index is 0. The number of hydrogen-bond acceptors (Lipinski definition) is 1. The number of allylic oxidation sites excluding steroid dienone is 6. The zero-order valence-corrected chi connectivity index (χ0v) is 18.4. The second-order valence-electron chi connectivity index (χ2n) is 6.58. The quantitative estimate of drug-likeness (QED) is 0.690. The van der Waals surface area contributed by atoms with Crippen molar-refractivity contribution < 1.29 is 31.3 Å². The van der Waals surface area contributed by atoms with Crippen LogP contribution in [0.15, 0.2) is 45.6 Å². The third-order valence-corrected chi connectivity index (χ3v) is 6.91. The smallest absolute Gasteiger partial charge is 0.0930 e. The first-order chi connectivity index (χ1) is 8.76. The van der Waals surface area contributed by atoms with Crippen molar-refractivity contribution in [3.8, 4) is 0 Å². The van der Waals surface area contributed by atoms with Crippen LogP contribution in [0.1, 0.15) is 40.5 Å². The fourth-order valence-corrected chi connectivity index (χ4v) is 5.66. The maximum atomic E-state index is 11.5. The Kier molecular flexibility index (Phi) is 7.84. The van der Waals surface area contributed by atoms with E-state index in [9.17, 15) is 5.11 Å². The van der Waals surface area contributed by atoms with Crippen LogP contribution in [0.2, 0.25) is 13.1 Å². The van der Waals surface area contributed by atoms with Gasteiger partial charge in [-0.15, -0.1) is 12.4 Å². The first-order valence-corrected chi connectivity index (χ1v) is 10.1. The molecule has 21 heavy (non-hydrogen) atoms. The maximum absolute atomic E-state index is 11.5. The van der Waals surface area contributed by atoms with Gasteiger partial charge in [-0.1, -0.05) is 36.4 Å². The van der Waals surface area contributed by atoms with Crippen LogP contribution in [0.5, 0.6) is 0 Å². The molecule has 2 aliphatic rings. The molecule has 4 heteroatoms. The Balaban J connectivity index is 0.00000200. The molecule has 0 spiro atoms. The molecule has 0 fully saturated rings. The predicted molar refractivity (Wildman–Crippen MR) is 93.2 cm³/mol. The molecule has 0 atom stereocenters. The number of rotatable bonds is 3. The average molecular weight is 402 g/mol. The zero-order chi connectivity index (χ0) is 14.4. The molecule has 1 N–H and O–H groups in total. The van der Waals surface area contributed by atoms with Crippen LogP contribution in [-0.4, -0.2) is 19.1 Å². The van der Waals surface area contributed by atoms with Gasteiger partial charge >= 0.3 is 0 Å². The molecule has 0 amide bonds. The minimum atomic E-state index is -1.27. The zero-order valence-electron chi connectivity index (χ0n) is 14.0. The summed E-state index contributed by atoms with van der Waals surface area (Å²) in [6.45, 7) is 13.2. The molecule has 0 radical (unpaired) electrons. The van der Waals surface area contributed by atoms with E-state index in [-0.39, 0.29) is 38.6 Å². The molecule has 2 rings (SSSR count). The Labute approximate surface area is 156 Å². The number of aliphatic hydroxyl groups is 1. The molecule has 0 bridgehead atoms. The van der Waals surface area contributed by atoms with Crippen LogP contribution in [0.25, 0.3) is 0 Å². The van der Waals surface area contributed by atoms with Crippen molar-refractivity contribution in [2.45, 2.75) is 58.9 Å². The van der Waals surface area contributed by atoms with Gasteiger partial charge in [0.1, 0.15) is 0 Å². The Morgan fingerprint density at radius 3 is 1.43 bits per heavy atom. The third kappa shape index (κ3) is 3.80. The summed E-state index contributed by atoms with van der Waals surface area (Å²) in [5, 5.41) is 10.9. The Hall–Kier alpha value is 0.310. The average Bonchev–Trinajstić information content (AvgIpc) is 2.80. The van der Waals surface area contributed by atoms with Crippen molar-refractivity contribution in [1.82, 2.24) is 0 Å². The van der Waals surface area contributed by atoms with Crippen LogP contribution >= 0.6 is 12.4 Å². The minimum Gasteiger partial charge on any atom is -0.385 e. The first-order valence-electron chi connectivity index (χ1n) is 7.24. The van der Waals surface area contributed by atoms with E-state index in [1.54, 1.807) is 0 Å². The van der Waals surface area contributed by atoms with Crippen molar-refractivity contribution in [1.29, 1.82) is 0 Å². The van der Waals surface area contributed by atoms with E-state index in [2.05, 4.69) is 52.9 Å². The summed E-state index contributed by atoms with van der Waals surface area (Å²) < 4.78 is 0. The van der Waals surface area contributed by atoms with Crippen LogP contribution < -0.4 is 0 Å². The van der Waals surface area contributed by atoms with Gasteiger partial charge in [0.05, 0.1) is 14.0 Å². The first kappa shape index (κ1) is 21.3. The third-order valence-electron chi connectivity index (χ3n) is 4.54. The van der Waals surface area contributed by atoms with Gasteiger partial charge in [0.25, 0.3) is 0 Å². The van der Waals surface area contributed by atoms with Gasteiger partial charge in [-0.25, -0.2) is 0 Å². The van der Waals surface area contributed by atoms with E-state index in [0.29, 0.717) is 0 Å². The predicted octanol–water partition coefficient (Wildman–Crippen LogP) is 4.50. The molecule has 0 saturated carbocycles. The Morgan fingerprint density at radius 1 is 0.905 bits per heavy atom. The van der Waals surface area contributed by atoms with Gasteiger partial charge in [-0.3, -0.25) is 0 Å². The molecule has 116 valence electrons. The maximum Gasteiger partial charge on any atom is 0.0930 e. The summed E-state index contributed by atoms with van der Waals surface area (Å²) in [6.07, 6.45) is 6.37. The SMILES string of the molecule is CC1=CC(C)=C(C(O)(C2=C(C)C=C(C)C2)[SiH](C)C)C1.Cl.[Zr]. The molecule has 0 unspecified atom stereocenters. The Morgan fingerprint density at radius 2 is 1.24 bits per heavy atom. The summed E-state index contributed by atoms with van der Waals surface area (Å²) in [5.41, 5.74) is 7.85. The van der Waals surface area contributed by atoms with Crippen molar-refractivity contribution >= 4 is 21.2 Å². The van der Waals surface area contributed by atoms with Crippen LogP contribution in [0.3, 0.4) is 0 Å². The van der Waals surface area contributed by atoms with Gasteiger partial charge in [0.2, 0.25) is 0 Å². The largest absolute Gasteiger partial charge is 0.385 e. The normalized spacial score (nSPS) is 18.7. The van der Waals surface area contributed by atoms with E-state index in [4.69, 9.17) is 0 Å². The molecule has 0 aromatic rings. The molecule has 0 saturated heterocycles. The van der Waals surface area contributed by atoms with E-state index in [1.807, 2.05) is 0 Å². The van der Waals surface area contributed by atoms with E-state index in [0.717, 1.165) is 12.8 Å². The van der Waals surface area contributed by atoms with Crippen LogP contribution in [0, 0.1) is 0 Å². The summed E-state index contributed by atoms with van der Waals surface area (Å²) in [6, 6.07) is 0. The Bertz CT molecular complexity index is 499. The number of hydrogen-bond donors (Lipinski definition) is 1. The van der Waals surface area contributed by atoms with E-state index in [1.165, 1.54) is 33.4 Å². The summed E-state index contributed by atoms with van der Waals surface area (Å²) >= 11 is 0. The van der Waals surface area contributed by atoms with Gasteiger partial charge in [0, 0.05) is 26.2 Å². The molecule has 2 aliphatic carbocycles. The summed E-state index contributed by atoms with van der Waals surface area (Å²) in [4.78, 5) is 0. The van der Waals surface area contributed by atoms with Crippen molar-refractivity contribution in [2.24, 2.45) is 0 Å². The van der Waals surface area contributed by atoms with Crippen LogP contribution in [0.4, 0.5) is 0 Å². The monoisotopic (exact) mass is 400 g/mol. The van der Waals surface area contributed by atoms with Crippen molar-refractivity contribution in [3.05, 3.63) is 45.6 Å². The van der Waals surface area contributed by atoms with Gasteiger partial charge in [-0.05, 0) is 62.8 Å². The molecular formula is C17H27ClOSiZr. The second kappa shape index (κ2) is 7.73. The number of halogens is 1. The molecular weight excluding hydrogens is 375 g/mol. The van der Waals surface area contributed by atoms with Gasteiger partial charge < -0.3 is 5.11 Å². The summed E-state index contributed by atoms with van der Waals surface area (Å²) in [5.74, 6) is 0. The molecule has 0 aromatic carbocycles. The topological polar surface area (TPSA) is 20.2 Å². The fourth-order valence-electron chi connectivity index (χ4n) is 3.60. The van der Waals surface area contributed by atoms with Gasteiger partial charge in [0.15, 0.2) is 0 Å². The molecule has 0 aromatic heterocycles. The molecule has 1 nitrogen and oxygen atoms in total. The van der Waals surface area contributed by atoms with Gasteiger partial charge in [-0.2, -0.15) is 0 Å². The van der Waals surface area contributed by atoms with E-state index < -0.39 is 14.0 Å².